The highest BCUT2D eigenvalue weighted by Crippen LogP contribution is 2.27. The summed E-state index contributed by atoms with van der Waals surface area (Å²) in [5, 5.41) is 0. The van der Waals surface area contributed by atoms with Gasteiger partial charge in [0, 0.05) is 6.07 Å². The number of carbonyl (C=O) groups is 1. The molecule has 0 aliphatic carbocycles. The summed E-state index contributed by atoms with van der Waals surface area (Å²) in [4.78, 5) is 16.4. The Labute approximate surface area is 152 Å². The third kappa shape index (κ3) is 3.96. The predicted octanol–water partition coefficient (Wildman–Crippen LogP) is 2.73. The second kappa shape index (κ2) is 7.74. The lowest BCUT2D eigenvalue weighted by molar-refractivity contribution is -0.145. The van der Waals surface area contributed by atoms with E-state index in [1.807, 2.05) is 38.4 Å². The summed E-state index contributed by atoms with van der Waals surface area (Å²) in [5.41, 5.74) is 0.650. The van der Waals surface area contributed by atoms with E-state index < -0.39 is 6.04 Å². The molecule has 1 fully saturated rings. The minimum Gasteiger partial charge on any atom is -0.497 e. The molecule has 0 radical (unpaired) electrons. The molecule has 5 nitrogen and oxygen atoms in total. The lowest BCUT2D eigenvalue weighted by Crippen LogP contribution is -2.58. The first kappa shape index (κ1) is 18.2. The fourth-order valence-corrected chi connectivity index (χ4v) is 3.07. The van der Waals surface area contributed by atoms with Gasteiger partial charge in [-0.3, -0.25) is 9.69 Å². The topological polar surface area (TPSA) is 42.0 Å². The van der Waals surface area contributed by atoms with Gasteiger partial charge in [-0.15, -0.1) is 0 Å². The minimum atomic E-state index is -0.511. The van der Waals surface area contributed by atoms with Crippen LogP contribution >= 0.6 is 0 Å². The fraction of sp³-hybridized carbons (Fsp3) is 0.350. The Morgan fingerprint density at radius 2 is 1.85 bits per heavy atom. The molecule has 3 rings (SSSR count). The van der Waals surface area contributed by atoms with Crippen molar-refractivity contribution >= 4 is 5.91 Å². The van der Waals surface area contributed by atoms with E-state index in [1.165, 1.54) is 12.1 Å². The molecule has 1 atom stereocenters. The van der Waals surface area contributed by atoms with E-state index in [-0.39, 0.29) is 17.8 Å². The normalized spacial score (nSPS) is 15.5. The first-order chi connectivity index (χ1) is 12.5. The van der Waals surface area contributed by atoms with Crippen LogP contribution in [0.2, 0.25) is 0 Å². The average Bonchev–Trinajstić information content (AvgIpc) is 2.57. The standard InChI is InChI=1S/C20H23FN2O3/c1-22(2)19(14-6-4-7-15(21)10-14)20(24)23-12-18(13-23)26-17-9-5-8-16(11-17)25-3/h4-11,18-19H,12-13H2,1-3H3. The maximum Gasteiger partial charge on any atom is 0.244 e. The van der Waals surface area contributed by atoms with Gasteiger partial charge in [0.25, 0.3) is 0 Å². The number of likely N-dealkylation sites (N-methyl/N-ethyl adjacent to an activating group) is 1. The molecule has 0 spiro atoms. The smallest absolute Gasteiger partial charge is 0.244 e. The predicted molar refractivity (Wildman–Crippen MR) is 96.8 cm³/mol. The van der Waals surface area contributed by atoms with E-state index in [2.05, 4.69) is 0 Å². The van der Waals surface area contributed by atoms with E-state index in [9.17, 15) is 9.18 Å². The van der Waals surface area contributed by atoms with E-state index in [0.717, 1.165) is 11.5 Å². The van der Waals surface area contributed by atoms with Crippen LogP contribution in [0.25, 0.3) is 0 Å². The van der Waals surface area contributed by atoms with Gasteiger partial charge in [-0.2, -0.15) is 0 Å². The highest BCUT2D eigenvalue weighted by Gasteiger charge is 2.37. The van der Waals surface area contributed by atoms with Crippen molar-refractivity contribution in [1.29, 1.82) is 0 Å². The molecule has 138 valence electrons. The Kier molecular flexibility index (Phi) is 5.42. The molecule has 1 amide bonds. The molecule has 0 bridgehead atoms. The molecule has 0 N–H and O–H groups in total. The number of likely N-dealkylation sites (tertiary alicyclic amines) is 1. The number of carbonyl (C=O) groups excluding carboxylic acids is 1. The van der Waals surface area contributed by atoms with E-state index in [4.69, 9.17) is 9.47 Å². The van der Waals surface area contributed by atoms with Gasteiger partial charge in [0.2, 0.25) is 5.91 Å². The Hall–Kier alpha value is -2.60. The lowest BCUT2D eigenvalue weighted by atomic mass is 10.0. The van der Waals surface area contributed by atoms with Crippen molar-refractivity contribution in [2.24, 2.45) is 0 Å². The Morgan fingerprint density at radius 3 is 2.50 bits per heavy atom. The van der Waals surface area contributed by atoms with E-state index >= 15 is 0 Å². The summed E-state index contributed by atoms with van der Waals surface area (Å²) in [7, 11) is 5.24. The second-order valence-corrected chi connectivity index (χ2v) is 6.58. The second-order valence-electron chi connectivity index (χ2n) is 6.58. The van der Waals surface area contributed by atoms with Crippen LogP contribution in [-0.4, -0.2) is 56.1 Å². The van der Waals surface area contributed by atoms with Crippen molar-refractivity contribution in [3.63, 3.8) is 0 Å². The Balaban J connectivity index is 1.62. The third-order valence-electron chi connectivity index (χ3n) is 4.42. The summed E-state index contributed by atoms with van der Waals surface area (Å²) < 4.78 is 24.6. The number of methoxy groups -OCH3 is 1. The van der Waals surface area contributed by atoms with Crippen LogP contribution in [0.3, 0.4) is 0 Å². The molecule has 6 heteroatoms. The zero-order valence-corrected chi connectivity index (χ0v) is 15.2. The van der Waals surface area contributed by atoms with Crippen LogP contribution in [0.4, 0.5) is 4.39 Å². The summed E-state index contributed by atoms with van der Waals surface area (Å²) in [6.45, 7) is 1.02. The van der Waals surface area contributed by atoms with Crippen LogP contribution in [0, 0.1) is 5.82 Å². The number of benzene rings is 2. The minimum absolute atomic E-state index is 0.0499. The number of ether oxygens (including phenoxy) is 2. The Bertz CT molecular complexity index is 775. The molecule has 1 aliphatic heterocycles. The number of nitrogens with zero attached hydrogens (tertiary/aromatic N) is 2. The molecule has 1 saturated heterocycles. The molecule has 0 saturated carbocycles. The molecule has 2 aromatic rings. The van der Waals surface area contributed by atoms with Crippen LogP contribution in [0.5, 0.6) is 11.5 Å². The van der Waals surface area contributed by atoms with Crippen LogP contribution in [0.15, 0.2) is 48.5 Å². The summed E-state index contributed by atoms with van der Waals surface area (Å²) in [6.07, 6.45) is -0.0543. The molecule has 1 heterocycles. The average molecular weight is 358 g/mol. The number of hydrogen-bond donors (Lipinski definition) is 0. The van der Waals surface area contributed by atoms with Crippen molar-refractivity contribution in [1.82, 2.24) is 9.80 Å². The molecule has 2 aromatic carbocycles. The quantitative estimate of drug-likeness (QED) is 0.796. The number of rotatable bonds is 6. The first-order valence-electron chi connectivity index (χ1n) is 8.49. The van der Waals surface area contributed by atoms with Crippen molar-refractivity contribution < 1.29 is 18.7 Å². The van der Waals surface area contributed by atoms with Gasteiger partial charge in [-0.25, -0.2) is 4.39 Å². The van der Waals surface area contributed by atoms with Gasteiger partial charge in [0.1, 0.15) is 29.5 Å². The van der Waals surface area contributed by atoms with Gasteiger partial charge < -0.3 is 14.4 Å². The van der Waals surface area contributed by atoms with Gasteiger partial charge >= 0.3 is 0 Å². The zero-order valence-electron chi connectivity index (χ0n) is 15.2. The summed E-state index contributed by atoms with van der Waals surface area (Å²) in [6, 6.07) is 13.1. The lowest BCUT2D eigenvalue weighted by Gasteiger charge is -2.41. The maximum absolute atomic E-state index is 13.5. The first-order valence-corrected chi connectivity index (χ1v) is 8.49. The third-order valence-corrected chi connectivity index (χ3v) is 4.42. The molecular weight excluding hydrogens is 335 g/mol. The van der Waals surface area contributed by atoms with Crippen molar-refractivity contribution in [2.45, 2.75) is 12.1 Å². The van der Waals surface area contributed by atoms with Crippen molar-refractivity contribution in [2.75, 3.05) is 34.3 Å². The highest BCUT2D eigenvalue weighted by molar-refractivity contribution is 5.84. The van der Waals surface area contributed by atoms with Gasteiger partial charge in [0.05, 0.1) is 20.2 Å². The Morgan fingerprint density at radius 1 is 1.15 bits per heavy atom. The van der Waals surface area contributed by atoms with E-state index in [1.54, 1.807) is 29.0 Å². The van der Waals surface area contributed by atoms with Crippen molar-refractivity contribution in [3.8, 4) is 11.5 Å². The summed E-state index contributed by atoms with van der Waals surface area (Å²) in [5.74, 6) is 1.06. The SMILES string of the molecule is COc1cccc(OC2CN(C(=O)C(c3cccc(F)c3)N(C)C)C2)c1. The zero-order chi connectivity index (χ0) is 18.7. The molecule has 1 aliphatic rings. The maximum atomic E-state index is 13.5. The van der Waals surface area contributed by atoms with Gasteiger partial charge in [-0.05, 0) is 43.9 Å². The number of hydrogen-bond acceptors (Lipinski definition) is 4. The number of amides is 1. The van der Waals surface area contributed by atoms with E-state index in [0.29, 0.717) is 18.7 Å². The number of halogens is 1. The van der Waals surface area contributed by atoms with Crippen LogP contribution in [-0.2, 0) is 4.79 Å². The van der Waals surface area contributed by atoms with Gasteiger partial charge in [-0.1, -0.05) is 18.2 Å². The largest absolute Gasteiger partial charge is 0.497 e. The van der Waals surface area contributed by atoms with Crippen molar-refractivity contribution in [3.05, 3.63) is 59.9 Å². The molecule has 0 aromatic heterocycles. The monoisotopic (exact) mass is 358 g/mol. The highest BCUT2D eigenvalue weighted by atomic mass is 19.1. The van der Waals surface area contributed by atoms with Crippen LogP contribution in [0.1, 0.15) is 11.6 Å². The fourth-order valence-electron chi connectivity index (χ4n) is 3.07. The molecular formula is C20H23FN2O3. The summed E-state index contributed by atoms with van der Waals surface area (Å²) >= 11 is 0. The molecule has 26 heavy (non-hydrogen) atoms. The molecule has 1 unspecified atom stereocenters. The van der Waals surface area contributed by atoms with Crippen LogP contribution < -0.4 is 9.47 Å². The van der Waals surface area contributed by atoms with Gasteiger partial charge in [0.15, 0.2) is 0 Å².